The average Bonchev–Trinajstić information content (AvgIpc) is 2.87. The SMILES string of the molecule is COc1cc(Nc2ncc([N+](=O)[O-])s2)ccc1C(=O)O. The van der Waals surface area contributed by atoms with Crippen molar-refractivity contribution >= 4 is 33.1 Å². The van der Waals surface area contributed by atoms with Gasteiger partial charge in [-0.1, -0.05) is 0 Å². The molecule has 0 atom stereocenters. The first-order chi connectivity index (χ1) is 9.51. The summed E-state index contributed by atoms with van der Waals surface area (Å²) in [6.45, 7) is 0. The standard InChI is InChI=1S/C11H9N3O5S/c1-19-8-4-6(2-3-7(8)10(15)16)13-11-12-5-9(20-11)14(17)18/h2-5H,1H3,(H,12,13)(H,15,16). The van der Waals surface area contributed by atoms with Crippen LogP contribution < -0.4 is 10.1 Å². The van der Waals surface area contributed by atoms with Crippen LogP contribution in [-0.4, -0.2) is 28.1 Å². The summed E-state index contributed by atoms with van der Waals surface area (Å²) in [5.74, 6) is -0.910. The Balaban J connectivity index is 2.25. The first-order valence-electron chi connectivity index (χ1n) is 5.30. The maximum absolute atomic E-state index is 10.9. The number of hydrogen-bond donors (Lipinski definition) is 2. The zero-order chi connectivity index (χ0) is 14.7. The second-order valence-electron chi connectivity index (χ2n) is 3.61. The van der Waals surface area contributed by atoms with Crippen LogP contribution in [0, 0.1) is 10.1 Å². The van der Waals surface area contributed by atoms with Gasteiger partial charge in [-0.2, -0.15) is 0 Å². The number of nitrogens with one attached hydrogen (secondary N) is 1. The smallest absolute Gasteiger partial charge is 0.345 e. The van der Waals surface area contributed by atoms with Gasteiger partial charge in [0.1, 0.15) is 17.5 Å². The summed E-state index contributed by atoms with van der Waals surface area (Å²) in [5, 5.41) is 22.6. The number of thiazole rings is 1. The molecular weight excluding hydrogens is 286 g/mol. The fraction of sp³-hybridized carbons (Fsp3) is 0.0909. The minimum absolute atomic E-state index is 0.0307. The molecule has 2 N–H and O–H groups in total. The fourth-order valence-corrected chi connectivity index (χ4v) is 2.13. The zero-order valence-electron chi connectivity index (χ0n) is 10.2. The predicted octanol–water partition coefficient (Wildman–Crippen LogP) is 2.50. The molecule has 2 rings (SSSR count). The van der Waals surface area contributed by atoms with Crippen LogP contribution in [0.5, 0.6) is 5.75 Å². The van der Waals surface area contributed by atoms with E-state index in [1.807, 2.05) is 0 Å². The van der Waals surface area contributed by atoms with E-state index in [4.69, 9.17) is 9.84 Å². The van der Waals surface area contributed by atoms with Crippen LogP contribution in [0.4, 0.5) is 15.8 Å². The highest BCUT2D eigenvalue weighted by Gasteiger charge is 2.14. The van der Waals surface area contributed by atoms with E-state index in [-0.39, 0.29) is 16.3 Å². The van der Waals surface area contributed by atoms with Crippen molar-refractivity contribution in [2.45, 2.75) is 0 Å². The number of carboxylic acid groups (broad SMARTS) is 1. The maximum atomic E-state index is 10.9. The van der Waals surface area contributed by atoms with E-state index in [0.29, 0.717) is 10.8 Å². The molecule has 0 aliphatic rings. The minimum atomic E-state index is -1.10. The van der Waals surface area contributed by atoms with Crippen LogP contribution in [0.1, 0.15) is 10.4 Å². The van der Waals surface area contributed by atoms with Gasteiger partial charge in [0.25, 0.3) is 0 Å². The highest BCUT2D eigenvalue weighted by atomic mass is 32.1. The molecule has 0 fully saturated rings. The Labute approximate surface area is 116 Å². The van der Waals surface area contributed by atoms with Crippen molar-refractivity contribution in [1.29, 1.82) is 0 Å². The lowest BCUT2D eigenvalue weighted by Gasteiger charge is -2.08. The number of rotatable bonds is 5. The van der Waals surface area contributed by atoms with E-state index < -0.39 is 10.9 Å². The first kappa shape index (κ1) is 13.7. The summed E-state index contributed by atoms with van der Waals surface area (Å²) < 4.78 is 4.98. The minimum Gasteiger partial charge on any atom is -0.496 e. The second-order valence-corrected chi connectivity index (χ2v) is 4.62. The molecule has 1 aromatic carbocycles. The average molecular weight is 295 g/mol. The molecule has 2 aromatic rings. The molecule has 1 heterocycles. The molecule has 0 aliphatic carbocycles. The molecule has 0 amide bonds. The summed E-state index contributed by atoms with van der Waals surface area (Å²) in [5.41, 5.74) is 0.555. The molecule has 0 saturated heterocycles. The van der Waals surface area contributed by atoms with Gasteiger partial charge in [-0.25, -0.2) is 9.78 Å². The Morgan fingerprint density at radius 3 is 2.85 bits per heavy atom. The lowest BCUT2D eigenvalue weighted by atomic mass is 10.2. The normalized spacial score (nSPS) is 10.1. The van der Waals surface area contributed by atoms with Crippen LogP contribution in [0.3, 0.4) is 0 Å². The highest BCUT2D eigenvalue weighted by molar-refractivity contribution is 7.18. The molecule has 0 spiro atoms. The van der Waals surface area contributed by atoms with Crippen LogP contribution in [0.2, 0.25) is 0 Å². The molecule has 9 heteroatoms. The monoisotopic (exact) mass is 295 g/mol. The van der Waals surface area contributed by atoms with E-state index in [2.05, 4.69) is 10.3 Å². The highest BCUT2D eigenvalue weighted by Crippen LogP contribution is 2.30. The van der Waals surface area contributed by atoms with Gasteiger partial charge in [0.2, 0.25) is 0 Å². The van der Waals surface area contributed by atoms with Gasteiger partial charge in [-0.05, 0) is 23.5 Å². The van der Waals surface area contributed by atoms with Crippen molar-refractivity contribution in [3.63, 3.8) is 0 Å². The van der Waals surface area contributed by atoms with Crippen molar-refractivity contribution in [3.05, 3.63) is 40.1 Å². The van der Waals surface area contributed by atoms with Gasteiger partial charge < -0.3 is 15.2 Å². The van der Waals surface area contributed by atoms with Crippen molar-refractivity contribution in [2.75, 3.05) is 12.4 Å². The summed E-state index contributed by atoms with van der Waals surface area (Å²) >= 11 is 0.881. The van der Waals surface area contributed by atoms with Gasteiger partial charge in [0, 0.05) is 11.8 Å². The Hall–Kier alpha value is -2.68. The fourth-order valence-electron chi connectivity index (χ4n) is 1.48. The number of aromatic carboxylic acids is 1. The lowest BCUT2D eigenvalue weighted by molar-refractivity contribution is -0.380. The first-order valence-corrected chi connectivity index (χ1v) is 6.11. The molecule has 0 unspecified atom stereocenters. The number of nitro groups is 1. The summed E-state index contributed by atoms with van der Waals surface area (Å²) in [7, 11) is 1.36. The zero-order valence-corrected chi connectivity index (χ0v) is 11.0. The molecular formula is C11H9N3O5S. The summed E-state index contributed by atoms with van der Waals surface area (Å²) in [6.07, 6.45) is 1.15. The molecule has 0 radical (unpaired) electrons. The van der Waals surface area contributed by atoms with Gasteiger partial charge in [-0.3, -0.25) is 10.1 Å². The summed E-state index contributed by atoms with van der Waals surface area (Å²) in [4.78, 5) is 24.8. The van der Waals surface area contributed by atoms with Crippen molar-refractivity contribution in [1.82, 2.24) is 4.98 Å². The Morgan fingerprint density at radius 2 is 2.30 bits per heavy atom. The van der Waals surface area contributed by atoms with Crippen molar-refractivity contribution in [2.24, 2.45) is 0 Å². The second kappa shape index (κ2) is 5.53. The molecule has 0 saturated carbocycles. The van der Waals surface area contributed by atoms with Crippen LogP contribution in [0.25, 0.3) is 0 Å². The Kier molecular flexibility index (Phi) is 3.80. The number of nitrogens with zero attached hydrogens (tertiary/aromatic N) is 2. The third kappa shape index (κ3) is 2.83. The van der Waals surface area contributed by atoms with E-state index in [0.717, 1.165) is 17.5 Å². The van der Waals surface area contributed by atoms with Crippen LogP contribution in [-0.2, 0) is 0 Å². The van der Waals surface area contributed by atoms with Crippen molar-refractivity contribution in [3.8, 4) is 5.75 Å². The molecule has 1 aromatic heterocycles. The van der Waals surface area contributed by atoms with E-state index in [9.17, 15) is 14.9 Å². The van der Waals surface area contributed by atoms with E-state index >= 15 is 0 Å². The van der Waals surface area contributed by atoms with Gasteiger partial charge in [0.15, 0.2) is 5.13 Å². The Morgan fingerprint density at radius 1 is 1.55 bits per heavy atom. The largest absolute Gasteiger partial charge is 0.496 e. The van der Waals surface area contributed by atoms with Crippen molar-refractivity contribution < 1.29 is 19.6 Å². The number of hydrogen-bond acceptors (Lipinski definition) is 7. The van der Waals surface area contributed by atoms with E-state index in [1.165, 1.54) is 25.3 Å². The maximum Gasteiger partial charge on any atom is 0.345 e. The number of carboxylic acids is 1. The number of ether oxygens (including phenoxy) is 1. The predicted molar refractivity (Wildman–Crippen MR) is 72.0 cm³/mol. The number of anilines is 2. The number of methoxy groups -OCH3 is 1. The van der Waals surface area contributed by atoms with Gasteiger partial charge in [0.05, 0.1) is 12.0 Å². The van der Waals surface area contributed by atoms with Crippen LogP contribution >= 0.6 is 11.3 Å². The third-order valence-corrected chi connectivity index (χ3v) is 3.22. The van der Waals surface area contributed by atoms with Gasteiger partial charge in [-0.15, -0.1) is 0 Å². The Bertz CT molecular complexity index is 670. The topological polar surface area (TPSA) is 115 Å². The summed E-state index contributed by atoms with van der Waals surface area (Å²) in [6, 6.07) is 4.39. The number of benzene rings is 1. The van der Waals surface area contributed by atoms with Crippen LogP contribution in [0.15, 0.2) is 24.4 Å². The van der Waals surface area contributed by atoms with E-state index in [1.54, 1.807) is 0 Å². The molecule has 8 nitrogen and oxygen atoms in total. The molecule has 20 heavy (non-hydrogen) atoms. The number of aromatic nitrogens is 1. The lowest BCUT2D eigenvalue weighted by Crippen LogP contribution is -2.01. The molecule has 104 valence electrons. The molecule has 0 aliphatic heterocycles. The third-order valence-electron chi connectivity index (χ3n) is 2.36. The number of carbonyl (C=O) groups is 1. The quantitative estimate of drug-likeness (QED) is 0.643. The van der Waals surface area contributed by atoms with Gasteiger partial charge >= 0.3 is 11.0 Å². The molecule has 0 bridgehead atoms.